The molecular weight excluding hydrogens is 326 g/mol. The van der Waals surface area contributed by atoms with E-state index in [1.165, 1.54) is 18.2 Å². The molecule has 1 fully saturated rings. The Hall–Kier alpha value is -2.09. The molecule has 7 nitrogen and oxygen atoms in total. The third-order valence-corrected chi connectivity index (χ3v) is 5.25. The molecule has 2 atom stereocenters. The number of likely N-dealkylation sites (tertiary alicyclic amines) is 1. The first kappa shape index (κ1) is 16.8. The molecule has 1 amide bonds. The Morgan fingerprint density at radius 1 is 1.25 bits per heavy atom. The molecule has 24 heavy (non-hydrogen) atoms. The number of amides is 1. The lowest BCUT2D eigenvalue weighted by atomic mass is 9.98. The number of benzene rings is 1. The molecule has 1 aliphatic heterocycles. The summed E-state index contributed by atoms with van der Waals surface area (Å²) in [6.45, 7) is 4.22. The van der Waals surface area contributed by atoms with Gasteiger partial charge in [-0.05, 0) is 67.8 Å². The first-order valence-corrected chi connectivity index (χ1v) is 9.06. The van der Waals surface area contributed by atoms with Gasteiger partial charge in [0.1, 0.15) is 5.75 Å². The zero-order valence-corrected chi connectivity index (χ0v) is 14.6. The van der Waals surface area contributed by atoms with Crippen molar-refractivity contribution in [3.05, 3.63) is 24.3 Å². The van der Waals surface area contributed by atoms with Gasteiger partial charge in [-0.3, -0.25) is 4.79 Å². The monoisotopic (exact) mass is 347 g/mol. The van der Waals surface area contributed by atoms with Gasteiger partial charge in [0, 0.05) is 12.1 Å². The van der Waals surface area contributed by atoms with E-state index in [0.29, 0.717) is 10.9 Å². The highest BCUT2D eigenvalue weighted by Gasteiger charge is 2.29. The minimum atomic E-state index is 0.125. The molecule has 0 aliphatic carbocycles. The summed E-state index contributed by atoms with van der Waals surface area (Å²) in [6, 6.07) is 7.19. The van der Waals surface area contributed by atoms with Crippen molar-refractivity contribution in [1.82, 2.24) is 25.1 Å². The van der Waals surface area contributed by atoms with Crippen molar-refractivity contribution in [2.45, 2.75) is 50.4 Å². The SMILES string of the molecule is C[C@@H]1CCC[C@H](C)N1C(=O)CSc1nnnn1-c1ccc(O)cc1. The van der Waals surface area contributed by atoms with Crippen LogP contribution in [0.2, 0.25) is 0 Å². The molecular formula is C16H21N5O2S. The van der Waals surface area contributed by atoms with Gasteiger partial charge in [0.15, 0.2) is 0 Å². The second-order valence-corrected chi connectivity index (χ2v) is 7.05. The molecule has 3 rings (SSSR count). The number of thioether (sulfide) groups is 1. The number of aromatic nitrogens is 4. The van der Waals surface area contributed by atoms with Gasteiger partial charge in [-0.15, -0.1) is 5.10 Å². The fourth-order valence-electron chi connectivity index (χ4n) is 3.14. The minimum absolute atomic E-state index is 0.125. The molecule has 0 radical (unpaired) electrons. The van der Waals surface area contributed by atoms with E-state index < -0.39 is 0 Å². The van der Waals surface area contributed by atoms with Crippen LogP contribution in [0.15, 0.2) is 29.4 Å². The highest BCUT2D eigenvalue weighted by atomic mass is 32.2. The van der Waals surface area contributed by atoms with E-state index in [1.54, 1.807) is 28.9 Å². The van der Waals surface area contributed by atoms with Crippen molar-refractivity contribution in [1.29, 1.82) is 0 Å². The van der Waals surface area contributed by atoms with Crippen molar-refractivity contribution < 1.29 is 9.90 Å². The normalized spacial score (nSPS) is 21.0. The van der Waals surface area contributed by atoms with Crippen LogP contribution >= 0.6 is 11.8 Å². The number of phenolic OH excluding ortho intramolecular Hbond substituents is 1. The summed E-state index contributed by atoms with van der Waals surface area (Å²) >= 11 is 1.33. The summed E-state index contributed by atoms with van der Waals surface area (Å²) in [6.07, 6.45) is 3.30. The molecule has 8 heteroatoms. The molecule has 1 N–H and O–H groups in total. The van der Waals surface area contributed by atoms with Gasteiger partial charge >= 0.3 is 0 Å². The first-order valence-electron chi connectivity index (χ1n) is 8.08. The summed E-state index contributed by atoms with van der Waals surface area (Å²) in [5, 5.41) is 21.6. The van der Waals surface area contributed by atoms with Crippen LogP contribution < -0.4 is 0 Å². The van der Waals surface area contributed by atoms with Crippen molar-refractivity contribution in [3.8, 4) is 11.4 Å². The number of carbonyl (C=O) groups is 1. The van der Waals surface area contributed by atoms with Crippen LogP contribution in [-0.4, -0.2) is 54.0 Å². The summed E-state index contributed by atoms with van der Waals surface area (Å²) in [7, 11) is 0. The largest absolute Gasteiger partial charge is 0.508 e. The van der Waals surface area contributed by atoms with Gasteiger partial charge in [0.2, 0.25) is 11.1 Å². The quantitative estimate of drug-likeness (QED) is 0.854. The Balaban J connectivity index is 1.68. The standard InChI is InChI=1S/C16H21N5O2S/c1-11-4-3-5-12(2)20(11)15(23)10-24-16-17-18-19-21(16)13-6-8-14(22)9-7-13/h6-9,11-12,22H,3-5,10H2,1-2H3/t11-,12+. The maximum Gasteiger partial charge on any atom is 0.233 e. The Kier molecular flexibility index (Phi) is 5.03. The van der Waals surface area contributed by atoms with Gasteiger partial charge in [0.05, 0.1) is 11.4 Å². The molecule has 0 unspecified atom stereocenters. The molecule has 2 heterocycles. The zero-order chi connectivity index (χ0) is 17.1. The zero-order valence-electron chi connectivity index (χ0n) is 13.8. The summed E-state index contributed by atoms with van der Waals surface area (Å²) in [5.41, 5.74) is 0.743. The number of carbonyl (C=O) groups excluding carboxylic acids is 1. The second kappa shape index (κ2) is 7.21. The third kappa shape index (κ3) is 3.53. The number of phenols is 1. The fourth-order valence-corrected chi connectivity index (χ4v) is 3.90. The first-order chi connectivity index (χ1) is 11.6. The highest BCUT2D eigenvalue weighted by molar-refractivity contribution is 7.99. The molecule has 1 aromatic carbocycles. The van der Waals surface area contributed by atoms with E-state index in [2.05, 4.69) is 29.4 Å². The van der Waals surface area contributed by atoms with Gasteiger partial charge < -0.3 is 10.0 Å². The second-order valence-electron chi connectivity index (χ2n) is 6.11. The third-order valence-electron chi connectivity index (χ3n) is 4.34. The van der Waals surface area contributed by atoms with E-state index in [1.807, 2.05) is 4.90 Å². The summed E-state index contributed by atoms with van der Waals surface area (Å²) in [5.74, 6) is 0.622. The average molecular weight is 347 g/mol. The molecule has 128 valence electrons. The molecule has 0 saturated carbocycles. The topological polar surface area (TPSA) is 84.1 Å². The Bertz CT molecular complexity index is 693. The maximum absolute atomic E-state index is 12.6. The van der Waals surface area contributed by atoms with E-state index in [-0.39, 0.29) is 23.7 Å². The van der Waals surface area contributed by atoms with E-state index >= 15 is 0 Å². The lowest BCUT2D eigenvalue weighted by Gasteiger charge is -2.39. The van der Waals surface area contributed by atoms with Crippen LogP contribution in [0.25, 0.3) is 5.69 Å². The number of hydrogen-bond acceptors (Lipinski definition) is 6. The van der Waals surface area contributed by atoms with E-state index in [0.717, 1.165) is 18.5 Å². The maximum atomic E-state index is 12.6. The predicted octanol–water partition coefficient (Wildman–Crippen LogP) is 2.25. The van der Waals surface area contributed by atoms with Crippen molar-refractivity contribution in [3.63, 3.8) is 0 Å². The van der Waals surface area contributed by atoms with Crippen LogP contribution in [-0.2, 0) is 4.79 Å². The van der Waals surface area contributed by atoms with Crippen LogP contribution in [0.5, 0.6) is 5.75 Å². The van der Waals surface area contributed by atoms with Gasteiger partial charge in [-0.1, -0.05) is 11.8 Å². The predicted molar refractivity (Wildman–Crippen MR) is 91.2 cm³/mol. The minimum Gasteiger partial charge on any atom is -0.508 e. The van der Waals surface area contributed by atoms with Crippen LogP contribution in [0, 0.1) is 0 Å². The number of hydrogen-bond donors (Lipinski definition) is 1. The number of piperidine rings is 1. The van der Waals surface area contributed by atoms with E-state index in [4.69, 9.17) is 0 Å². The fraction of sp³-hybridized carbons (Fsp3) is 0.500. The summed E-state index contributed by atoms with van der Waals surface area (Å²) < 4.78 is 1.57. The van der Waals surface area contributed by atoms with Gasteiger partial charge in [0.25, 0.3) is 0 Å². The Morgan fingerprint density at radius 2 is 1.92 bits per heavy atom. The smallest absolute Gasteiger partial charge is 0.233 e. The number of tetrazole rings is 1. The summed E-state index contributed by atoms with van der Waals surface area (Å²) in [4.78, 5) is 14.6. The van der Waals surface area contributed by atoms with Crippen LogP contribution in [0.4, 0.5) is 0 Å². The van der Waals surface area contributed by atoms with Crippen molar-refractivity contribution in [2.24, 2.45) is 0 Å². The van der Waals surface area contributed by atoms with Crippen LogP contribution in [0.3, 0.4) is 0 Å². The number of rotatable bonds is 4. The molecule has 1 aliphatic rings. The molecule has 0 spiro atoms. The highest BCUT2D eigenvalue weighted by Crippen LogP contribution is 2.25. The van der Waals surface area contributed by atoms with Gasteiger partial charge in [-0.25, -0.2) is 0 Å². The Morgan fingerprint density at radius 3 is 2.58 bits per heavy atom. The van der Waals surface area contributed by atoms with Crippen molar-refractivity contribution >= 4 is 17.7 Å². The average Bonchev–Trinajstić information content (AvgIpc) is 3.02. The van der Waals surface area contributed by atoms with Crippen LogP contribution in [0.1, 0.15) is 33.1 Å². The van der Waals surface area contributed by atoms with Gasteiger partial charge in [-0.2, -0.15) is 4.68 Å². The number of aromatic hydroxyl groups is 1. The lowest BCUT2D eigenvalue weighted by molar-refractivity contribution is -0.134. The lowest BCUT2D eigenvalue weighted by Crippen LogP contribution is -2.48. The Labute approximate surface area is 145 Å². The molecule has 0 bridgehead atoms. The number of nitrogens with zero attached hydrogens (tertiary/aromatic N) is 5. The molecule has 1 saturated heterocycles. The van der Waals surface area contributed by atoms with Crippen molar-refractivity contribution in [2.75, 3.05) is 5.75 Å². The molecule has 2 aromatic rings. The molecule has 1 aromatic heterocycles. The van der Waals surface area contributed by atoms with E-state index in [9.17, 15) is 9.90 Å².